The van der Waals surface area contributed by atoms with E-state index in [1.807, 2.05) is 29.2 Å². The van der Waals surface area contributed by atoms with E-state index < -0.39 is 0 Å². The average molecular weight is 375 g/mol. The van der Waals surface area contributed by atoms with Gasteiger partial charge in [-0.15, -0.1) is 0 Å². The Morgan fingerprint density at radius 1 is 1.11 bits per heavy atom. The van der Waals surface area contributed by atoms with Crippen LogP contribution in [0.4, 0.5) is 0 Å². The summed E-state index contributed by atoms with van der Waals surface area (Å²) in [5.41, 5.74) is 6.71. The molecule has 6 heteroatoms. The molecule has 150 valence electrons. The first-order valence-electron chi connectivity index (χ1n) is 10.1. The molecule has 27 heavy (non-hydrogen) atoms. The summed E-state index contributed by atoms with van der Waals surface area (Å²) in [7, 11) is 4.48. The SMILES string of the molecule is CN1CCCN(C)C2(CCN(C(=O)Cc3ccc(OCCN)cc3)CC2)C1. The number of amides is 1. The molecule has 1 amide bonds. The van der Waals surface area contributed by atoms with Crippen LogP contribution in [0.3, 0.4) is 0 Å². The summed E-state index contributed by atoms with van der Waals surface area (Å²) < 4.78 is 5.50. The summed E-state index contributed by atoms with van der Waals surface area (Å²) in [6, 6.07) is 7.78. The molecule has 0 saturated carbocycles. The van der Waals surface area contributed by atoms with Crippen LogP contribution in [0.15, 0.2) is 24.3 Å². The molecule has 3 rings (SSSR count). The molecule has 2 aliphatic rings. The first kappa shape index (κ1) is 20.1. The van der Waals surface area contributed by atoms with Gasteiger partial charge in [0.2, 0.25) is 5.91 Å². The van der Waals surface area contributed by atoms with Gasteiger partial charge in [0.1, 0.15) is 12.4 Å². The van der Waals surface area contributed by atoms with E-state index in [0.717, 1.165) is 50.3 Å². The Balaban J connectivity index is 1.53. The number of likely N-dealkylation sites (tertiary alicyclic amines) is 1. The van der Waals surface area contributed by atoms with Gasteiger partial charge in [0.05, 0.1) is 6.42 Å². The van der Waals surface area contributed by atoms with Crippen molar-refractivity contribution in [2.75, 3.05) is 60.0 Å². The van der Waals surface area contributed by atoms with Crippen LogP contribution in [0.2, 0.25) is 0 Å². The number of rotatable bonds is 5. The van der Waals surface area contributed by atoms with Crippen LogP contribution in [0, 0.1) is 0 Å². The van der Waals surface area contributed by atoms with Gasteiger partial charge in [-0.1, -0.05) is 12.1 Å². The summed E-state index contributed by atoms with van der Waals surface area (Å²) in [5, 5.41) is 0. The second-order valence-corrected chi connectivity index (χ2v) is 8.08. The molecule has 0 atom stereocenters. The lowest BCUT2D eigenvalue weighted by molar-refractivity contribution is -0.133. The number of nitrogens with two attached hydrogens (primary N) is 1. The van der Waals surface area contributed by atoms with Crippen molar-refractivity contribution >= 4 is 5.91 Å². The molecule has 1 spiro atoms. The monoisotopic (exact) mass is 374 g/mol. The molecule has 0 radical (unpaired) electrons. The minimum Gasteiger partial charge on any atom is -0.492 e. The fraction of sp³-hybridized carbons (Fsp3) is 0.667. The minimum atomic E-state index is 0.226. The number of ether oxygens (including phenoxy) is 1. The van der Waals surface area contributed by atoms with Gasteiger partial charge in [0.25, 0.3) is 0 Å². The van der Waals surface area contributed by atoms with E-state index in [1.54, 1.807) is 0 Å². The number of likely N-dealkylation sites (N-methyl/N-ethyl adjacent to an activating group) is 2. The van der Waals surface area contributed by atoms with E-state index in [0.29, 0.717) is 19.6 Å². The summed E-state index contributed by atoms with van der Waals surface area (Å²) >= 11 is 0. The first-order chi connectivity index (χ1) is 13.0. The van der Waals surface area contributed by atoms with Crippen LogP contribution < -0.4 is 10.5 Å². The Bertz CT molecular complexity index is 611. The van der Waals surface area contributed by atoms with E-state index >= 15 is 0 Å². The van der Waals surface area contributed by atoms with Crippen molar-refractivity contribution in [2.45, 2.75) is 31.2 Å². The maximum Gasteiger partial charge on any atom is 0.226 e. The molecule has 6 nitrogen and oxygen atoms in total. The van der Waals surface area contributed by atoms with Gasteiger partial charge in [-0.2, -0.15) is 0 Å². The summed E-state index contributed by atoms with van der Waals surface area (Å²) in [6.45, 7) is 6.15. The van der Waals surface area contributed by atoms with E-state index in [9.17, 15) is 4.79 Å². The van der Waals surface area contributed by atoms with Gasteiger partial charge >= 0.3 is 0 Å². The third-order valence-corrected chi connectivity index (χ3v) is 6.12. The van der Waals surface area contributed by atoms with E-state index in [2.05, 4.69) is 23.9 Å². The maximum atomic E-state index is 12.8. The highest BCUT2D eigenvalue weighted by Gasteiger charge is 2.40. The van der Waals surface area contributed by atoms with Gasteiger partial charge in [-0.05, 0) is 64.1 Å². The van der Waals surface area contributed by atoms with Gasteiger partial charge in [0.15, 0.2) is 0 Å². The van der Waals surface area contributed by atoms with Crippen molar-refractivity contribution in [2.24, 2.45) is 5.73 Å². The van der Waals surface area contributed by atoms with Crippen molar-refractivity contribution < 1.29 is 9.53 Å². The van der Waals surface area contributed by atoms with Crippen LogP contribution >= 0.6 is 0 Å². The van der Waals surface area contributed by atoms with Gasteiger partial charge < -0.3 is 20.3 Å². The Labute approximate surface area is 163 Å². The number of carbonyl (C=O) groups excluding carboxylic acids is 1. The molecule has 0 unspecified atom stereocenters. The zero-order valence-electron chi connectivity index (χ0n) is 16.8. The number of nitrogens with zero attached hydrogens (tertiary/aromatic N) is 3. The molecule has 1 aromatic carbocycles. The molecule has 2 aliphatic heterocycles. The molecule has 0 aromatic heterocycles. The number of hydrogen-bond acceptors (Lipinski definition) is 5. The van der Waals surface area contributed by atoms with Crippen LogP contribution in [0.5, 0.6) is 5.75 Å². The highest BCUT2D eigenvalue weighted by atomic mass is 16.5. The number of piperidine rings is 1. The number of carbonyl (C=O) groups is 1. The van der Waals surface area contributed by atoms with Gasteiger partial charge in [-0.25, -0.2) is 0 Å². The Hall–Kier alpha value is -1.63. The lowest BCUT2D eigenvalue weighted by Gasteiger charge is -2.47. The first-order valence-corrected chi connectivity index (χ1v) is 10.1. The zero-order chi connectivity index (χ0) is 19.3. The van der Waals surface area contributed by atoms with Crippen LogP contribution in [0.25, 0.3) is 0 Å². The third-order valence-electron chi connectivity index (χ3n) is 6.12. The average Bonchev–Trinajstić information content (AvgIpc) is 2.80. The molecule has 2 N–H and O–H groups in total. The van der Waals surface area contributed by atoms with Gasteiger partial charge in [-0.3, -0.25) is 9.69 Å². The highest BCUT2D eigenvalue weighted by molar-refractivity contribution is 5.79. The fourth-order valence-corrected chi connectivity index (χ4v) is 4.40. The largest absolute Gasteiger partial charge is 0.492 e. The molecule has 2 heterocycles. The molecule has 1 aromatic rings. The predicted octanol–water partition coefficient (Wildman–Crippen LogP) is 1.20. The van der Waals surface area contributed by atoms with E-state index in [1.165, 1.54) is 13.0 Å². The highest BCUT2D eigenvalue weighted by Crippen LogP contribution is 2.31. The Morgan fingerprint density at radius 2 is 1.81 bits per heavy atom. The summed E-state index contributed by atoms with van der Waals surface area (Å²) in [5.74, 6) is 1.03. The van der Waals surface area contributed by atoms with Crippen molar-refractivity contribution in [1.29, 1.82) is 0 Å². The molecular formula is C21H34N4O2. The van der Waals surface area contributed by atoms with E-state index in [-0.39, 0.29) is 11.4 Å². The predicted molar refractivity (Wildman–Crippen MR) is 108 cm³/mol. The topological polar surface area (TPSA) is 62.0 Å². The lowest BCUT2D eigenvalue weighted by Crippen LogP contribution is -2.58. The van der Waals surface area contributed by atoms with Crippen LogP contribution in [-0.4, -0.2) is 86.1 Å². The Morgan fingerprint density at radius 3 is 2.48 bits per heavy atom. The van der Waals surface area contributed by atoms with Crippen molar-refractivity contribution in [3.63, 3.8) is 0 Å². The van der Waals surface area contributed by atoms with Crippen molar-refractivity contribution in [1.82, 2.24) is 14.7 Å². The number of hydrogen-bond donors (Lipinski definition) is 1. The fourth-order valence-electron chi connectivity index (χ4n) is 4.40. The summed E-state index contributed by atoms with van der Waals surface area (Å²) in [6.07, 6.45) is 3.80. The normalized spacial score (nSPS) is 21.2. The molecule has 0 bridgehead atoms. The smallest absolute Gasteiger partial charge is 0.226 e. The number of benzene rings is 1. The standard InChI is InChI=1S/C21H34N4O2/c1-23-11-3-12-24(2)21(17-23)8-13-25(14-9-21)20(26)16-18-4-6-19(7-5-18)27-15-10-22/h4-7H,3,8-17,22H2,1-2H3. The second-order valence-electron chi connectivity index (χ2n) is 8.08. The van der Waals surface area contributed by atoms with Crippen molar-refractivity contribution in [3.05, 3.63) is 29.8 Å². The van der Waals surface area contributed by atoms with Crippen molar-refractivity contribution in [3.8, 4) is 5.75 Å². The second kappa shape index (κ2) is 9.04. The minimum absolute atomic E-state index is 0.226. The third kappa shape index (κ3) is 5.00. The molecule has 0 aliphatic carbocycles. The Kier molecular flexibility index (Phi) is 6.73. The summed E-state index contributed by atoms with van der Waals surface area (Å²) in [4.78, 5) is 19.8. The maximum absolute atomic E-state index is 12.8. The lowest BCUT2D eigenvalue weighted by atomic mass is 9.85. The van der Waals surface area contributed by atoms with Gasteiger partial charge in [0, 0.05) is 31.7 Å². The molecule has 2 saturated heterocycles. The van der Waals surface area contributed by atoms with E-state index in [4.69, 9.17) is 10.5 Å². The molecular weight excluding hydrogens is 340 g/mol. The van der Waals surface area contributed by atoms with Crippen LogP contribution in [0.1, 0.15) is 24.8 Å². The molecule has 2 fully saturated rings. The quantitative estimate of drug-likeness (QED) is 0.839. The zero-order valence-corrected chi connectivity index (χ0v) is 16.8. The van der Waals surface area contributed by atoms with Crippen LogP contribution in [-0.2, 0) is 11.2 Å².